The molecule has 0 unspecified atom stereocenters. The predicted molar refractivity (Wildman–Crippen MR) is 63.6 cm³/mol. The topological polar surface area (TPSA) is 57.6 Å². The van der Waals surface area contributed by atoms with Gasteiger partial charge in [-0.05, 0) is 31.5 Å². The Hall–Kier alpha value is -2.10. The van der Waals surface area contributed by atoms with Crippen LogP contribution in [0.4, 0.5) is 5.69 Å². The number of amides is 1. The highest BCUT2D eigenvalue weighted by atomic mass is 16.4. The molecule has 0 aromatic heterocycles. The molecule has 0 radical (unpaired) electrons. The molecule has 1 aliphatic heterocycles. The Labute approximate surface area is 99.2 Å². The molecule has 1 amide bonds. The van der Waals surface area contributed by atoms with Crippen LogP contribution < -0.4 is 4.90 Å². The zero-order valence-corrected chi connectivity index (χ0v) is 9.73. The van der Waals surface area contributed by atoms with Gasteiger partial charge in [0.1, 0.15) is 0 Å². The van der Waals surface area contributed by atoms with E-state index in [-0.39, 0.29) is 17.9 Å². The number of rotatable bonds is 2. The van der Waals surface area contributed by atoms with E-state index >= 15 is 0 Å². The Bertz CT molecular complexity index is 531. The highest BCUT2D eigenvalue weighted by molar-refractivity contribution is 6.08. The lowest BCUT2D eigenvalue weighted by Gasteiger charge is -2.18. The van der Waals surface area contributed by atoms with Crippen LogP contribution in [0.15, 0.2) is 35.5 Å². The number of aliphatic carboxylic acids is 1. The van der Waals surface area contributed by atoms with Gasteiger partial charge in [-0.1, -0.05) is 12.1 Å². The number of aryl methyl sites for hydroxylation is 1. The number of carboxylic acids is 1. The Kier molecular flexibility index (Phi) is 2.71. The second-order valence-corrected chi connectivity index (χ2v) is 4.11. The molecule has 88 valence electrons. The summed E-state index contributed by atoms with van der Waals surface area (Å²) in [5.41, 5.74) is 2.44. The molecule has 17 heavy (non-hydrogen) atoms. The molecule has 0 spiro atoms. The van der Waals surface area contributed by atoms with Crippen molar-refractivity contribution in [1.29, 1.82) is 0 Å². The third-order valence-corrected chi connectivity index (χ3v) is 2.87. The summed E-state index contributed by atoms with van der Waals surface area (Å²) >= 11 is 0. The average Bonchev–Trinajstić information content (AvgIpc) is 2.54. The Morgan fingerprint density at radius 2 is 2.06 bits per heavy atom. The van der Waals surface area contributed by atoms with Crippen LogP contribution in [0.1, 0.15) is 18.9 Å². The van der Waals surface area contributed by atoms with Crippen LogP contribution in [0.5, 0.6) is 0 Å². The molecule has 0 fully saturated rings. The summed E-state index contributed by atoms with van der Waals surface area (Å²) in [5, 5.41) is 8.98. The normalized spacial score (nSPS) is 15.6. The molecule has 4 heteroatoms. The zero-order valence-electron chi connectivity index (χ0n) is 9.73. The molecular formula is C13H13NO3. The number of allylic oxidation sites excluding steroid dienone is 1. The number of carboxylic acid groups (broad SMARTS) is 1. The summed E-state index contributed by atoms with van der Waals surface area (Å²) in [6.45, 7) is 3.60. The number of carbonyl (C=O) groups excluding carboxylic acids is 1. The molecule has 1 aromatic carbocycles. The molecule has 2 rings (SSSR count). The summed E-state index contributed by atoms with van der Waals surface area (Å²) < 4.78 is 0. The van der Waals surface area contributed by atoms with Crippen LogP contribution in [0.3, 0.4) is 0 Å². The van der Waals surface area contributed by atoms with Crippen LogP contribution >= 0.6 is 0 Å². The van der Waals surface area contributed by atoms with Gasteiger partial charge in [-0.3, -0.25) is 9.69 Å². The molecule has 1 aromatic rings. The quantitative estimate of drug-likeness (QED) is 0.847. The second-order valence-electron chi connectivity index (χ2n) is 4.11. The highest BCUT2D eigenvalue weighted by Gasteiger charge is 2.31. The SMILES string of the molecule is CC1=C(C(=O)O)CC(=O)N1c1cccc(C)c1. The number of hydrogen-bond acceptors (Lipinski definition) is 2. The molecule has 0 saturated carbocycles. The maximum Gasteiger partial charge on any atom is 0.333 e. The van der Waals surface area contributed by atoms with Gasteiger partial charge in [0.2, 0.25) is 5.91 Å². The Morgan fingerprint density at radius 3 is 2.59 bits per heavy atom. The van der Waals surface area contributed by atoms with E-state index in [1.54, 1.807) is 13.0 Å². The third kappa shape index (κ3) is 1.93. The number of anilines is 1. The maximum absolute atomic E-state index is 11.8. The molecule has 4 nitrogen and oxygen atoms in total. The lowest BCUT2D eigenvalue weighted by Crippen LogP contribution is -2.23. The fraction of sp³-hybridized carbons (Fsp3) is 0.231. The zero-order chi connectivity index (χ0) is 12.6. The number of hydrogen-bond donors (Lipinski definition) is 1. The monoisotopic (exact) mass is 231 g/mol. The average molecular weight is 231 g/mol. The fourth-order valence-electron chi connectivity index (χ4n) is 2.02. The van der Waals surface area contributed by atoms with E-state index in [1.807, 2.05) is 25.1 Å². The minimum atomic E-state index is -1.02. The first kappa shape index (κ1) is 11.4. The number of carbonyl (C=O) groups is 2. The molecule has 1 aliphatic rings. The van der Waals surface area contributed by atoms with Crippen LogP contribution in [0.2, 0.25) is 0 Å². The van der Waals surface area contributed by atoms with Crippen LogP contribution in [0, 0.1) is 6.92 Å². The molecule has 0 saturated heterocycles. The first-order valence-corrected chi connectivity index (χ1v) is 5.33. The van der Waals surface area contributed by atoms with E-state index < -0.39 is 5.97 Å². The molecular weight excluding hydrogens is 218 g/mol. The number of benzene rings is 1. The van der Waals surface area contributed by atoms with Crippen molar-refractivity contribution in [2.75, 3.05) is 4.90 Å². The van der Waals surface area contributed by atoms with Crippen molar-refractivity contribution < 1.29 is 14.7 Å². The van der Waals surface area contributed by atoms with E-state index in [9.17, 15) is 9.59 Å². The van der Waals surface area contributed by atoms with E-state index in [2.05, 4.69) is 0 Å². The highest BCUT2D eigenvalue weighted by Crippen LogP contribution is 2.30. The molecule has 1 heterocycles. The summed E-state index contributed by atoms with van der Waals surface area (Å²) in [7, 11) is 0. The molecule has 1 N–H and O–H groups in total. The van der Waals surface area contributed by atoms with Gasteiger partial charge in [0.15, 0.2) is 0 Å². The molecule has 0 aliphatic carbocycles. The van der Waals surface area contributed by atoms with Crippen molar-refractivity contribution in [2.24, 2.45) is 0 Å². The lowest BCUT2D eigenvalue weighted by molar-refractivity contribution is -0.133. The van der Waals surface area contributed by atoms with Crippen molar-refractivity contribution in [3.63, 3.8) is 0 Å². The first-order chi connectivity index (χ1) is 8.00. The van der Waals surface area contributed by atoms with E-state index in [1.165, 1.54) is 4.90 Å². The Morgan fingerprint density at radius 1 is 1.35 bits per heavy atom. The Balaban J connectivity index is 2.46. The van der Waals surface area contributed by atoms with Gasteiger partial charge in [0.05, 0.1) is 12.0 Å². The van der Waals surface area contributed by atoms with Crippen molar-refractivity contribution in [3.05, 3.63) is 41.1 Å². The minimum absolute atomic E-state index is 0.0326. The summed E-state index contributed by atoms with van der Waals surface area (Å²) in [6.07, 6.45) is -0.0326. The van der Waals surface area contributed by atoms with E-state index in [0.717, 1.165) is 11.3 Å². The standard InChI is InChI=1S/C13H13NO3/c1-8-4-3-5-10(6-8)14-9(2)11(13(16)17)7-12(14)15/h3-6H,7H2,1-2H3,(H,16,17). The van der Waals surface area contributed by atoms with Crippen molar-refractivity contribution >= 4 is 17.6 Å². The van der Waals surface area contributed by atoms with E-state index in [0.29, 0.717) is 5.70 Å². The van der Waals surface area contributed by atoms with Gasteiger partial charge in [-0.25, -0.2) is 4.79 Å². The predicted octanol–water partition coefficient (Wildman–Crippen LogP) is 2.09. The van der Waals surface area contributed by atoms with Crippen molar-refractivity contribution in [1.82, 2.24) is 0 Å². The number of nitrogens with zero attached hydrogens (tertiary/aromatic N) is 1. The van der Waals surface area contributed by atoms with Gasteiger partial charge >= 0.3 is 5.97 Å². The summed E-state index contributed by atoms with van der Waals surface area (Å²) in [4.78, 5) is 24.3. The van der Waals surface area contributed by atoms with Crippen molar-refractivity contribution in [2.45, 2.75) is 20.3 Å². The molecule has 0 atom stereocenters. The first-order valence-electron chi connectivity index (χ1n) is 5.33. The smallest absolute Gasteiger partial charge is 0.333 e. The third-order valence-electron chi connectivity index (χ3n) is 2.87. The van der Waals surface area contributed by atoms with Crippen LogP contribution in [-0.2, 0) is 9.59 Å². The molecule has 0 bridgehead atoms. The van der Waals surface area contributed by atoms with Gasteiger partial charge < -0.3 is 5.11 Å². The largest absolute Gasteiger partial charge is 0.478 e. The maximum atomic E-state index is 11.8. The summed E-state index contributed by atoms with van der Waals surface area (Å²) in [5.74, 6) is -1.21. The van der Waals surface area contributed by atoms with Crippen LogP contribution in [0.25, 0.3) is 0 Å². The van der Waals surface area contributed by atoms with Gasteiger partial charge in [-0.2, -0.15) is 0 Å². The minimum Gasteiger partial charge on any atom is -0.478 e. The van der Waals surface area contributed by atoms with E-state index in [4.69, 9.17) is 5.11 Å². The summed E-state index contributed by atoms with van der Waals surface area (Å²) in [6, 6.07) is 7.45. The fourth-order valence-corrected chi connectivity index (χ4v) is 2.02. The van der Waals surface area contributed by atoms with Crippen molar-refractivity contribution in [3.8, 4) is 0 Å². The van der Waals surface area contributed by atoms with Gasteiger partial charge in [0.25, 0.3) is 0 Å². The van der Waals surface area contributed by atoms with Crippen LogP contribution in [-0.4, -0.2) is 17.0 Å². The second kappa shape index (κ2) is 4.05. The lowest BCUT2D eigenvalue weighted by atomic mass is 10.2. The van der Waals surface area contributed by atoms with Gasteiger partial charge in [-0.15, -0.1) is 0 Å². The van der Waals surface area contributed by atoms with Gasteiger partial charge in [0, 0.05) is 11.4 Å².